The zero-order valence-corrected chi connectivity index (χ0v) is 18.6. The third kappa shape index (κ3) is 5.63. The number of aryl methyl sites for hydroxylation is 4. The van der Waals surface area contributed by atoms with E-state index >= 15 is 0 Å². The van der Waals surface area contributed by atoms with E-state index < -0.39 is 0 Å². The minimum atomic E-state index is -0.0954. The van der Waals surface area contributed by atoms with Crippen molar-refractivity contribution in [3.05, 3.63) is 64.5 Å². The summed E-state index contributed by atoms with van der Waals surface area (Å²) in [6.07, 6.45) is 1.73. The van der Waals surface area contributed by atoms with Gasteiger partial charge < -0.3 is 14.5 Å². The number of carbonyl (C=O) groups excluding carboxylic acids is 1. The Labute approximate surface area is 181 Å². The maximum absolute atomic E-state index is 12.5. The van der Waals surface area contributed by atoms with Crippen LogP contribution in [0.15, 0.2) is 46.0 Å². The Balaban J connectivity index is 1.54. The summed E-state index contributed by atoms with van der Waals surface area (Å²) in [6.45, 7) is 8.36. The molecule has 1 amide bonds. The van der Waals surface area contributed by atoms with Gasteiger partial charge >= 0.3 is 0 Å². The Morgan fingerprint density at radius 3 is 2.53 bits per heavy atom. The Hall–Kier alpha value is -2.80. The number of rotatable bonds is 9. The topological polar surface area (TPSA) is 77.2 Å². The van der Waals surface area contributed by atoms with E-state index in [4.69, 9.17) is 9.15 Å². The number of aromatic nitrogens is 2. The molecule has 0 spiro atoms. The molecule has 0 aliphatic rings. The van der Waals surface area contributed by atoms with Crippen molar-refractivity contribution in [2.24, 2.45) is 0 Å². The molecule has 1 aromatic heterocycles. The highest BCUT2D eigenvalue weighted by atomic mass is 32.2. The first-order chi connectivity index (χ1) is 14.5. The van der Waals surface area contributed by atoms with E-state index in [1.165, 1.54) is 11.8 Å². The van der Waals surface area contributed by atoms with Crippen LogP contribution in [0.2, 0.25) is 0 Å². The van der Waals surface area contributed by atoms with Crippen molar-refractivity contribution in [3.8, 4) is 5.75 Å². The number of nitrogens with one attached hydrogen (secondary N) is 1. The highest BCUT2D eigenvalue weighted by molar-refractivity contribution is 7.99. The maximum Gasteiger partial charge on any atom is 0.277 e. The molecule has 7 heteroatoms. The summed E-state index contributed by atoms with van der Waals surface area (Å²) in [5.74, 6) is 1.27. The molecule has 0 aliphatic carbocycles. The van der Waals surface area contributed by atoms with Crippen molar-refractivity contribution in [3.63, 3.8) is 0 Å². The summed E-state index contributed by atoms with van der Waals surface area (Å²) in [7, 11) is 0. The van der Waals surface area contributed by atoms with E-state index in [-0.39, 0.29) is 18.3 Å². The zero-order chi connectivity index (χ0) is 21.5. The van der Waals surface area contributed by atoms with Crippen LogP contribution < -0.4 is 10.1 Å². The van der Waals surface area contributed by atoms with Gasteiger partial charge in [0.1, 0.15) is 5.75 Å². The lowest BCUT2D eigenvalue weighted by molar-refractivity contribution is -0.113. The molecule has 0 unspecified atom stereocenters. The van der Waals surface area contributed by atoms with Crippen LogP contribution in [0.5, 0.6) is 5.75 Å². The average Bonchev–Trinajstić information content (AvgIpc) is 3.21. The minimum absolute atomic E-state index is 0.0954. The van der Waals surface area contributed by atoms with Crippen LogP contribution in [0.25, 0.3) is 0 Å². The number of para-hydroxylation sites is 1. The SMILES string of the molecule is CCc1cccc(CC)c1NC(=O)CSc1nnc(COc2cc(C)ccc2C)o1. The van der Waals surface area contributed by atoms with Crippen molar-refractivity contribution in [1.82, 2.24) is 10.2 Å². The Morgan fingerprint density at radius 2 is 1.83 bits per heavy atom. The van der Waals surface area contributed by atoms with Crippen LogP contribution in [0.1, 0.15) is 42.0 Å². The number of carbonyl (C=O) groups is 1. The molecule has 3 aromatic rings. The van der Waals surface area contributed by atoms with Gasteiger partial charge in [-0.3, -0.25) is 4.79 Å². The van der Waals surface area contributed by atoms with Crippen LogP contribution in [-0.4, -0.2) is 21.9 Å². The van der Waals surface area contributed by atoms with Gasteiger partial charge in [-0.25, -0.2) is 0 Å². The predicted molar refractivity (Wildman–Crippen MR) is 119 cm³/mol. The molecule has 0 saturated heterocycles. The molecule has 0 radical (unpaired) electrons. The third-order valence-electron chi connectivity index (χ3n) is 4.73. The lowest BCUT2D eigenvalue weighted by Crippen LogP contribution is -2.16. The lowest BCUT2D eigenvalue weighted by atomic mass is 10.0. The third-order valence-corrected chi connectivity index (χ3v) is 5.55. The highest BCUT2D eigenvalue weighted by Crippen LogP contribution is 2.24. The second-order valence-electron chi connectivity index (χ2n) is 7.01. The second kappa shape index (κ2) is 10.3. The highest BCUT2D eigenvalue weighted by Gasteiger charge is 2.13. The normalized spacial score (nSPS) is 10.8. The molecule has 6 nitrogen and oxygen atoms in total. The van der Waals surface area contributed by atoms with Crippen LogP contribution in [0.3, 0.4) is 0 Å². The van der Waals surface area contributed by atoms with E-state index in [1.807, 2.05) is 50.2 Å². The molecule has 3 rings (SSSR count). The Bertz CT molecular complexity index is 994. The number of nitrogens with zero attached hydrogens (tertiary/aromatic N) is 2. The molecule has 1 heterocycles. The largest absolute Gasteiger partial charge is 0.484 e. The van der Waals surface area contributed by atoms with Gasteiger partial charge in [-0.05, 0) is 55.0 Å². The Kier molecular flexibility index (Phi) is 7.52. The van der Waals surface area contributed by atoms with Gasteiger partial charge in [0, 0.05) is 5.69 Å². The predicted octanol–water partition coefficient (Wildman–Crippen LogP) is 5.12. The molecule has 0 fully saturated rings. The first-order valence-electron chi connectivity index (χ1n) is 10.1. The molecule has 30 heavy (non-hydrogen) atoms. The maximum atomic E-state index is 12.5. The zero-order valence-electron chi connectivity index (χ0n) is 17.8. The van der Waals surface area contributed by atoms with Gasteiger partial charge in [0.05, 0.1) is 5.75 Å². The van der Waals surface area contributed by atoms with Crippen LogP contribution in [0.4, 0.5) is 5.69 Å². The summed E-state index contributed by atoms with van der Waals surface area (Å²) in [6, 6.07) is 12.1. The average molecular weight is 426 g/mol. The van der Waals surface area contributed by atoms with E-state index in [9.17, 15) is 4.79 Å². The number of hydrogen-bond acceptors (Lipinski definition) is 6. The summed E-state index contributed by atoms with van der Waals surface area (Å²) < 4.78 is 11.4. The van der Waals surface area contributed by atoms with Gasteiger partial charge in [-0.15, -0.1) is 10.2 Å². The molecule has 0 bridgehead atoms. The molecular formula is C23H27N3O3S. The molecule has 0 saturated carbocycles. The molecule has 0 aliphatic heterocycles. The van der Waals surface area contributed by atoms with Crippen molar-refractivity contribution in [2.45, 2.75) is 52.4 Å². The summed E-state index contributed by atoms with van der Waals surface area (Å²) >= 11 is 1.21. The first kappa shape index (κ1) is 21.9. The van der Waals surface area contributed by atoms with Gasteiger partial charge in [0.15, 0.2) is 6.61 Å². The van der Waals surface area contributed by atoms with Crippen molar-refractivity contribution >= 4 is 23.4 Å². The number of thioether (sulfide) groups is 1. The minimum Gasteiger partial charge on any atom is -0.484 e. The first-order valence-corrected chi connectivity index (χ1v) is 11.0. The van der Waals surface area contributed by atoms with Crippen molar-refractivity contribution < 1.29 is 13.9 Å². The van der Waals surface area contributed by atoms with Crippen LogP contribution in [-0.2, 0) is 24.2 Å². The monoisotopic (exact) mass is 425 g/mol. The molecule has 0 atom stereocenters. The number of ether oxygens (including phenoxy) is 1. The molecule has 1 N–H and O–H groups in total. The van der Waals surface area contributed by atoms with Crippen molar-refractivity contribution in [2.75, 3.05) is 11.1 Å². The summed E-state index contributed by atoms with van der Waals surface area (Å²) in [4.78, 5) is 12.5. The number of hydrogen-bond donors (Lipinski definition) is 1. The van der Waals surface area contributed by atoms with Gasteiger partial charge in [0.2, 0.25) is 5.91 Å². The van der Waals surface area contributed by atoms with Crippen molar-refractivity contribution in [1.29, 1.82) is 0 Å². The van der Waals surface area contributed by atoms with Gasteiger partial charge in [-0.2, -0.15) is 0 Å². The second-order valence-corrected chi connectivity index (χ2v) is 7.94. The molecule has 2 aromatic carbocycles. The number of amides is 1. The smallest absolute Gasteiger partial charge is 0.277 e. The fraction of sp³-hybridized carbons (Fsp3) is 0.348. The standard InChI is InChI=1S/C23H27N3O3S/c1-5-17-8-7-9-18(6-2)22(17)24-20(27)14-30-23-26-25-21(29-23)13-28-19-12-15(3)10-11-16(19)4/h7-12H,5-6,13-14H2,1-4H3,(H,24,27). The van der Waals surface area contributed by atoms with E-state index in [0.29, 0.717) is 11.1 Å². The van der Waals surface area contributed by atoms with Gasteiger partial charge in [0.25, 0.3) is 11.1 Å². The molecule has 158 valence electrons. The van der Waals surface area contributed by atoms with Crippen LogP contribution >= 0.6 is 11.8 Å². The Morgan fingerprint density at radius 1 is 1.10 bits per heavy atom. The lowest BCUT2D eigenvalue weighted by Gasteiger charge is -2.14. The van der Waals surface area contributed by atoms with E-state index in [2.05, 4.69) is 29.4 Å². The fourth-order valence-corrected chi connectivity index (χ4v) is 3.64. The van der Waals surface area contributed by atoms with E-state index in [1.54, 1.807) is 0 Å². The van der Waals surface area contributed by atoms with Gasteiger partial charge in [-0.1, -0.05) is 55.9 Å². The molecular weight excluding hydrogens is 398 g/mol. The van der Waals surface area contributed by atoms with Crippen LogP contribution in [0, 0.1) is 13.8 Å². The number of anilines is 1. The summed E-state index contributed by atoms with van der Waals surface area (Å²) in [5.41, 5.74) is 5.36. The van der Waals surface area contributed by atoms with E-state index in [0.717, 1.165) is 46.5 Å². The summed E-state index contributed by atoms with van der Waals surface area (Å²) in [5, 5.41) is 11.4. The fourth-order valence-electron chi connectivity index (χ4n) is 3.06. The quantitative estimate of drug-likeness (QED) is 0.480. The number of benzene rings is 2.